The number of rotatable bonds is 16. The molecule has 8 rings (SSSR count). The van der Waals surface area contributed by atoms with Gasteiger partial charge in [-0.05, 0) is 61.1 Å². The van der Waals surface area contributed by atoms with Gasteiger partial charge in [0.25, 0.3) is 11.8 Å². The number of amides is 2. The van der Waals surface area contributed by atoms with Crippen molar-refractivity contribution in [1.29, 1.82) is 0 Å². The summed E-state index contributed by atoms with van der Waals surface area (Å²) in [7, 11) is -2.67. The van der Waals surface area contributed by atoms with Gasteiger partial charge in [-0.25, -0.2) is 9.36 Å². The second-order valence-electron chi connectivity index (χ2n) is 14.3. The molecule has 4 heterocycles. The van der Waals surface area contributed by atoms with Crippen LogP contribution in [0.1, 0.15) is 61.0 Å². The monoisotopic (exact) mass is 801 g/mol. The van der Waals surface area contributed by atoms with Crippen molar-refractivity contribution in [3.63, 3.8) is 0 Å². The van der Waals surface area contributed by atoms with Crippen LogP contribution in [0.2, 0.25) is 10.0 Å². The maximum absolute atomic E-state index is 13.6. The van der Waals surface area contributed by atoms with Crippen molar-refractivity contribution in [2.24, 2.45) is 11.8 Å². The first kappa shape index (κ1) is 37.0. The minimum atomic E-state index is -2.67. The molecule has 4 unspecified atom stereocenters. The molecule has 2 amide bonds. The second kappa shape index (κ2) is 14.3. The number of aliphatic hydroxyl groups is 4. The quantitative estimate of drug-likeness (QED) is 0.120. The highest BCUT2D eigenvalue weighted by Gasteiger charge is 2.57. The Balaban J connectivity index is 0.852. The van der Waals surface area contributed by atoms with Crippen LogP contribution in [0.5, 0.6) is 0 Å². The van der Waals surface area contributed by atoms with E-state index in [1.54, 1.807) is 24.3 Å². The molecule has 2 fully saturated rings. The molecule has 2 aliphatic carbocycles. The van der Waals surface area contributed by atoms with Crippen LogP contribution in [-0.4, -0.2) is 74.4 Å². The number of aliphatic hydroxyl groups excluding tert-OH is 2. The van der Waals surface area contributed by atoms with Crippen LogP contribution < -0.4 is 9.80 Å². The molecule has 2 aliphatic heterocycles. The summed E-state index contributed by atoms with van der Waals surface area (Å²) in [6, 6.07) is 9.36. The van der Waals surface area contributed by atoms with E-state index in [1.165, 1.54) is 43.7 Å². The summed E-state index contributed by atoms with van der Waals surface area (Å²) in [5, 5.41) is 61.7. The molecule has 0 bridgehead atoms. The first-order valence-corrected chi connectivity index (χ1v) is 19.3. The molecular weight excluding hydrogens is 766 g/mol. The van der Waals surface area contributed by atoms with Crippen molar-refractivity contribution >= 4 is 54.6 Å². The number of carbonyl (C=O) groups excluding carboxylic acids is 2. The summed E-state index contributed by atoms with van der Waals surface area (Å²) < 4.78 is 25.6. The van der Waals surface area contributed by atoms with Crippen LogP contribution in [-0.2, 0) is 61.0 Å². The Bertz CT molecular complexity index is 1980. The lowest BCUT2D eigenvalue weighted by Crippen LogP contribution is -2.48. The summed E-state index contributed by atoms with van der Waals surface area (Å²) in [5.41, 5.74) is -2.40. The van der Waals surface area contributed by atoms with Gasteiger partial charge >= 0.3 is 8.25 Å². The van der Waals surface area contributed by atoms with E-state index in [4.69, 9.17) is 32.2 Å². The van der Waals surface area contributed by atoms with E-state index in [0.717, 1.165) is 25.7 Å². The van der Waals surface area contributed by atoms with E-state index in [2.05, 4.69) is 20.6 Å². The molecule has 2 aromatic heterocycles. The van der Waals surface area contributed by atoms with Gasteiger partial charge in [0.2, 0.25) is 0 Å². The number of nitrogens with zero attached hydrogens (tertiary/aromatic N) is 8. The fourth-order valence-electron chi connectivity index (χ4n) is 7.12. The predicted molar refractivity (Wildman–Crippen MR) is 190 cm³/mol. The molecule has 4 N–H and O–H groups in total. The number of halogens is 2. The molecule has 2 saturated carbocycles. The molecular formula is C34H36Cl2N8O9P+. The SMILES string of the molecule is O=C1N(Cc2cn(CO[P+](=O)OCn3cc(CN4C(=O)C(O)(C(O)CC5CC5)c5cc(Cl)ccc54)nn3)nn2)c2ccc(Cl)cc2C1(O)C(O)CC1CC1. The van der Waals surface area contributed by atoms with E-state index in [1.807, 2.05) is 0 Å². The fraction of sp³-hybridized carbons (Fsp3) is 0.471. The summed E-state index contributed by atoms with van der Waals surface area (Å²) >= 11 is 12.4. The van der Waals surface area contributed by atoms with Crippen molar-refractivity contribution in [3.8, 4) is 0 Å². The van der Waals surface area contributed by atoms with Crippen molar-refractivity contribution < 1.29 is 43.6 Å². The van der Waals surface area contributed by atoms with Gasteiger partial charge in [-0.3, -0.25) is 9.59 Å². The van der Waals surface area contributed by atoms with Crippen LogP contribution >= 0.6 is 31.5 Å². The normalized spacial score (nSPS) is 23.6. The lowest BCUT2D eigenvalue weighted by molar-refractivity contribution is -0.151. The first-order chi connectivity index (χ1) is 25.8. The molecule has 2 aromatic carbocycles. The lowest BCUT2D eigenvalue weighted by Gasteiger charge is -2.28. The number of carbonyl (C=O) groups is 2. The minimum Gasteiger partial charge on any atom is -0.389 e. The van der Waals surface area contributed by atoms with E-state index < -0.39 is 43.5 Å². The number of aromatic nitrogens is 6. The predicted octanol–water partition coefficient (Wildman–Crippen LogP) is 3.27. The highest BCUT2D eigenvalue weighted by molar-refractivity contribution is 7.33. The molecule has 20 heteroatoms. The molecule has 0 saturated heterocycles. The summed E-state index contributed by atoms with van der Waals surface area (Å²) in [6.45, 7) is -0.784. The van der Waals surface area contributed by atoms with Crippen LogP contribution in [0.3, 0.4) is 0 Å². The maximum atomic E-state index is 13.6. The summed E-state index contributed by atoms with van der Waals surface area (Å²) in [6.07, 6.45) is 4.65. The zero-order chi connectivity index (χ0) is 37.9. The Morgan fingerprint density at radius 1 is 0.741 bits per heavy atom. The number of hydrogen-bond acceptors (Lipinski definition) is 13. The van der Waals surface area contributed by atoms with Gasteiger partial charge in [0.1, 0.15) is 11.4 Å². The van der Waals surface area contributed by atoms with Gasteiger partial charge in [-0.15, -0.1) is 10.2 Å². The third-order valence-corrected chi connectivity index (χ3v) is 11.5. The van der Waals surface area contributed by atoms with Crippen molar-refractivity contribution in [3.05, 3.63) is 81.4 Å². The van der Waals surface area contributed by atoms with Crippen LogP contribution in [0.15, 0.2) is 48.8 Å². The molecule has 4 aromatic rings. The largest absolute Gasteiger partial charge is 0.701 e. The van der Waals surface area contributed by atoms with E-state index in [9.17, 15) is 34.6 Å². The standard InChI is InChI=1S/C34H36Cl2N8O9P/c35-21-5-7-27-25(11-21)33(49,29(45)9-19-1-2-19)31(47)43(27)15-23-13-41(39-37-23)17-52-54(51)53-18-42-14-24(38-40-42)16-44-28-8-6-22(36)12-26(28)34(50,32(44)48)30(46)10-20-3-4-20/h5-8,11-14,19-20,29-30,45-46,49-50H,1-4,9-10,15-18H2/q+1. The molecule has 284 valence electrons. The van der Waals surface area contributed by atoms with Crippen molar-refractivity contribution in [2.75, 3.05) is 9.80 Å². The molecule has 0 spiro atoms. The fourth-order valence-corrected chi connectivity index (χ4v) is 7.96. The Morgan fingerprint density at radius 3 is 1.54 bits per heavy atom. The van der Waals surface area contributed by atoms with Gasteiger partial charge < -0.3 is 30.2 Å². The van der Waals surface area contributed by atoms with Gasteiger partial charge in [0.05, 0.1) is 49.1 Å². The molecule has 4 aliphatic rings. The zero-order valence-corrected chi connectivity index (χ0v) is 31.0. The van der Waals surface area contributed by atoms with Crippen LogP contribution in [0, 0.1) is 11.8 Å². The topological polar surface area (TPSA) is 218 Å². The lowest BCUT2D eigenvalue weighted by atomic mass is 9.86. The van der Waals surface area contributed by atoms with E-state index >= 15 is 0 Å². The minimum absolute atomic E-state index is 0.0775. The molecule has 17 nitrogen and oxygen atoms in total. The first-order valence-electron chi connectivity index (χ1n) is 17.4. The van der Waals surface area contributed by atoms with Gasteiger partial charge in [0, 0.05) is 25.7 Å². The zero-order valence-electron chi connectivity index (χ0n) is 28.6. The number of fused-ring (bicyclic) bond motifs is 2. The molecule has 0 radical (unpaired) electrons. The number of anilines is 2. The average Bonchev–Trinajstić information content (AvgIpc) is 4.03. The smallest absolute Gasteiger partial charge is 0.389 e. The summed E-state index contributed by atoms with van der Waals surface area (Å²) in [4.78, 5) is 29.8. The van der Waals surface area contributed by atoms with Gasteiger partial charge in [0.15, 0.2) is 24.7 Å². The van der Waals surface area contributed by atoms with Crippen molar-refractivity contribution in [1.82, 2.24) is 30.0 Å². The van der Waals surface area contributed by atoms with Crippen LogP contribution in [0.25, 0.3) is 0 Å². The Hall–Kier alpha value is -3.90. The van der Waals surface area contributed by atoms with Crippen molar-refractivity contribution in [2.45, 2.75) is 88.5 Å². The van der Waals surface area contributed by atoms with Gasteiger partial charge in [-0.2, -0.15) is 0 Å². The molecule has 54 heavy (non-hydrogen) atoms. The number of benzene rings is 2. The Kier molecular flexibility index (Phi) is 9.82. The highest BCUT2D eigenvalue weighted by Crippen LogP contribution is 2.49. The maximum Gasteiger partial charge on any atom is 0.701 e. The Morgan fingerprint density at radius 2 is 1.15 bits per heavy atom. The summed E-state index contributed by atoms with van der Waals surface area (Å²) in [5.74, 6) is -0.884. The van der Waals surface area contributed by atoms with E-state index in [-0.39, 0.29) is 62.4 Å². The highest BCUT2D eigenvalue weighted by atomic mass is 35.5. The third kappa shape index (κ3) is 6.93. The second-order valence-corrected chi connectivity index (χ2v) is 16.1. The Labute approximate surface area is 318 Å². The third-order valence-electron chi connectivity index (χ3n) is 10.3. The number of hydrogen-bond donors (Lipinski definition) is 4. The average molecular weight is 803 g/mol. The van der Waals surface area contributed by atoms with Crippen LogP contribution in [0.4, 0.5) is 11.4 Å². The molecule has 4 atom stereocenters. The van der Waals surface area contributed by atoms with Gasteiger partial charge in [-0.1, -0.05) is 68.4 Å². The van der Waals surface area contributed by atoms with E-state index in [0.29, 0.717) is 32.8 Å².